The fourth-order valence-electron chi connectivity index (χ4n) is 1.20. The van der Waals surface area contributed by atoms with E-state index in [0.29, 0.717) is 6.42 Å². The summed E-state index contributed by atoms with van der Waals surface area (Å²) in [4.78, 5) is 9.76. The van der Waals surface area contributed by atoms with Crippen LogP contribution in [0.2, 0.25) is 0 Å². The van der Waals surface area contributed by atoms with Crippen LogP contribution in [0.4, 0.5) is 0 Å². The molecule has 5 nitrogen and oxygen atoms in total. The van der Waals surface area contributed by atoms with Crippen LogP contribution in [0.5, 0.6) is 0 Å². The summed E-state index contributed by atoms with van der Waals surface area (Å²) in [7, 11) is 0. The average molecular weight is 188 g/mol. The molecule has 0 saturated heterocycles. The molecule has 0 unspecified atom stereocenters. The van der Waals surface area contributed by atoms with Crippen LogP contribution in [0.3, 0.4) is 0 Å². The summed E-state index contributed by atoms with van der Waals surface area (Å²) in [6.07, 6.45) is 1.24. The summed E-state index contributed by atoms with van der Waals surface area (Å²) in [5.41, 5.74) is 0. The first-order valence-corrected chi connectivity index (χ1v) is 4.12. The molecule has 13 heavy (non-hydrogen) atoms. The maximum Gasteiger partial charge on any atom is 0.304 e. The van der Waals surface area contributed by atoms with E-state index in [1.54, 1.807) is 0 Å². The molecule has 0 saturated carbocycles. The van der Waals surface area contributed by atoms with Gasteiger partial charge in [-0.05, 0) is 12.3 Å². The lowest BCUT2D eigenvalue weighted by atomic mass is 9.95. The lowest BCUT2D eigenvalue weighted by Crippen LogP contribution is -2.15. The Labute approximate surface area is 76.9 Å². The molecule has 0 aromatic carbocycles. The molecule has 0 bridgehead atoms. The molecule has 0 aliphatic heterocycles. The number of nitrogens with zero attached hydrogens (tertiary/aromatic N) is 1. The number of aliphatic carboxylic acids is 1. The van der Waals surface area contributed by atoms with Gasteiger partial charge in [-0.1, -0.05) is 13.8 Å². The van der Waals surface area contributed by atoms with Gasteiger partial charge in [-0.2, -0.15) is 4.90 Å². The normalized spacial score (nSPS) is 12.5. The van der Waals surface area contributed by atoms with Crippen LogP contribution in [-0.2, 0) is 4.79 Å². The summed E-state index contributed by atoms with van der Waals surface area (Å²) < 4.78 is 0. The van der Waals surface area contributed by atoms with Gasteiger partial charge in [-0.15, -0.1) is 0 Å². The fourth-order valence-corrected chi connectivity index (χ4v) is 1.20. The lowest BCUT2D eigenvalue weighted by molar-refractivity contribution is -0.376. The fraction of sp³-hybridized carbons (Fsp3) is 0.750. The van der Waals surface area contributed by atoms with Crippen molar-refractivity contribution in [1.29, 1.82) is 0 Å². The zero-order valence-corrected chi connectivity index (χ0v) is 7.77. The molecule has 0 fully saturated rings. The minimum Gasteiger partial charge on any atom is -0.613 e. The van der Waals surface area contributed by atoms with Crippen LogP contribution in [-0.4, -0.2) is 22.2 Å². The molecule has 0 aliphatic carbocycles. The molecule has 1 atom stereocenters. The minimum atomic E-state index is -0.997. The van der Waals surface area contributed by atoms with Crippen LogP contribution in [0.15, 0.2) is 0 Å². The van der Waals surface area contributed by atoms with E-state index in [1.165, 1.54) is 0 Å². The maximum atomic E-state index is 10.3. The second-order valence-corrected chi connectivity index (χ2v) is 3.42. The van der Waals surface area contributed by atoms with Crippen molar-refractivity contribution in [3.05, 3.63) is 10.4 Å². The summed E-state index contributed by atoms with van der Waals surface area (Å²) in [5, 5.41) is 28.7. The number of carboxylic acids is 1. The van der Waals surface area contributed by atoms with Crippen molar-refractivity contribution in [3.63, 3.8) is 0 Å². The summed E-state index contributed by atoms with van der Waals surface area (Å²) in [6.45, 7) is 3.81. The van der Waals surface area contributed by atoms with Crippen molar-refractivity contribution in [3.8, 4) is 0 Å². The molecule has 0 radical (unpaired) electrons. The standard InChI is InChI=1S/C8H14NO4/c1-6(2)3-7(4-8(10)11)5-9(12)13/h5-7H,3-4H2,1-2H3,(H-,10,11,12,13)/q-1/t7-/m0/s1. The van der Waals surface area contributed by atoms with E-state index in [9.17, 15) is 15.2 Å². The average Bonchev–Trinajstić information content (AvgIpc) is 1.80. The predicted molar refractivity (Wildman–Crippen MR) is 48.3 cm³/mol. The summed E-state index contributed by atoms with van der Waals surface area (Å²) >= 11 is 0. The topological polar surface area (TPSA) is 86.4 Å². The Morgan fingerprint density at radius 2 is 2.08 bits per heavy atom. The Hall–Kier alpha value is -1.26. The predicted octanol–water partition coefficient (Wildman–Crippen LogP) is 1.20. The minimum absolute atomic E-state index is 0.167. The molecule has 76 valence electrons. The van der Waals surface area contributed by atoms with Gasteiger partial charge in [0.1, 0.15) is 0 Å². The number of rotatable bonds is 5. The van der Waals surface area contributed by atoms with Gasteiger partial charge in [0.25, 0.3) is 0 Å². The third-order valence-corrected chi connectivity index (χ3v) is 1.54. The van der Waals surface area contributed by atoms with Gasteiger partial charge in [0, 0.05) is 5.92 Å². The number of carbonyl (C=O) groups is 1. The molecular weight excluding hydrogens is 174 g/mol. The van der Waals surface area contributed by atoms with Crippen LogP contribution in [0, 0.1) is 22.3 Å². The van der Waals surface area contributed by atoms with Gasteiger partial charge >= 0.3 is 5.97 Å². The summed E-state index contributed by atoms with van der Waals surface area (Å²) in [6, 6.07) is 0. The molecule has 5 heteroatoms. The zero-order valence-electron chi connectivity index (χ0n) is 7.77. The van der Waals surface area contributed by atoms with Crippen LogP contribution >= 0.6 is 0 Å². The quantitative estimate of drug-likeness (QED) is 0.399. The number of hydrogen-bond acceptors (Lipinski definition) is 3. The van der Waals surface area contributed by atoms with Gasteiger partial charge in [0.2, 0.25) is 0 Å². The lowest BCUT2D eigenvalue weighted by Gasteiger charge is -2.12. The van der Waals surface area contributed by atoms with Crippen LogP contribution < -0.4 is 0 Å². The van der Waals surface area contributed by atoms with E-state index in [4.69, 9.17) is 5.11 Å². The second kappa shape index (κ2) is 5.40. The van der Waals surface area contributed by atoms with E-state index in [-0.39, 0.29) is 12.3 Å². The van der Waals surface area contributed by atoms with E-state index in [0.717, 1.165) is 6.21 Å². The van der Waals surface area contributed by atoms with Gasteiger partial charge < -0.3 is 15.5 Å². The van der Waals surface area contributed by atoms with E-state index in [2.05, 4.69) is 0 Å². The van der Waals surface area contributed by atoms with E-state index < -0.39 is 16.8 Å². The highest BCUT2D eigenvalue weighted by molar-refractivity contribution is 5.72. The Kier molecular flexibility index (Phi) is 4.87. The second-order valence-electron chi connectivity index (χ2n) is 3.42. The Balaban J connectivity index is 4.19. The highest BCUT2D eigenvalue weighted by Gasteiger charge is 2.15. The van der Waals surface area contributed by atoms with Crippen molar-refractivity contribution in [2.45, 2.75) is 26.7 Å². The molecule has 0 rings (SSSR count). The van der Waals surface area contributed by atoms with Crippen LogP contribution in [0.1, 0.15) is 26.7 Å². The molecule has 0 heterocycles. The monoisotopic (exact) mass is 188 g/mol. The van der Waals surface area contributed by atoms with E-state index >= 15 is 0 Å². The molecular formula is C8H14NO4-. The summed E-state index contributed by atoms with van der Waals surface area (Å²) in [5.74, 6) is -1.20. The van der Waals surface area contributed by atoms with Crippen molar-refractivity contribution < 1.29 is 14.8 Å². The molecule has 0 aliphatic rings. The van der Waals surface area contributed by atoms with Crippen molar-refractivity contribution in [2.24, 2.45) is 11.8 Å². The van der Waals surface area contributed by atoms with Crippen molar-refractivity contribution in [1.82, 2.24) is 0 Å². The number of carboxylic acid groups (broad SMARTS) is 1. The number of hydrogen-bond donors (Lipinski definition) is 1. The zero-order chi connectivity index (χ0) is 10.4. The van der Waals surface area contributed by atoms with Gasteiger partial charge in [-0.3, -0.25) is 4.79 Å². The smallest absolute Gasteiger partial charge is 0.304 e. The Morgan fingerprint density at radius 1 is 1.54 bits per heavy atom. The first kappa shape index (κ1) is 11.7. The van der Waals surface area contributed by atoms with Crippen molar-refractivity contribution in [2.75, 3.05) is 0 Å². The molecule has 0 aromatic rings. The highest BCUT2D eigenvalue weighted by atomic mass is 16.8. The van der Waals surface area contributed by atoms with Crippen LogP contribution in [0.25, 0.3) is 0 Å². The SMILES string of the molecule is CC(C)C[C@H](C=[N+]([O-])[O-])CC(=O)O. The Morgan fingerprint density at radius 3 is 2.38 bits per heavy atom. The third-order valence-electron chi connectivity index (χ3n) is 1.54. The van der Waals surface area contributed by atoms with Gasteiger partial charge in [0.05, 0.1) is 6.42 Å². The molecule has 0 amide bonds. The Bertz CT molecular complexity index is 196. The maximum absolute atomic E-state index is 10.3. The van der Waals surface area contributed by atoms with E-state index in [1.807, 2.05) is 13.8 Å². The van der Waals surface area contributed by atoms with Gasteiger partial charge in [-0.25, -0.2) is 0 Å². The largest absolute Gasteiger partial charge is 0.613 e. The molecule has 0 spiro atoms. The first-order valence-electron chi connectivity index (χ1n) is 4.12. The third kappa shape index (κ3) is 7.11. The molecule has 1 N–H and O–H groups in total. The first-order chi connectivity index (χ1) is 5.91. The highest BCUT2D eigenvalue weighted by Crippen LogP contribution is 2.13. The van der Waals surface area contributed by atoms with Crippen molar-refractivity contribution >= 4 is 12.2 Å². The molecule has 0 aromatic heterocycles. The van der Waals surface area contributed by atoms with Gasteiger partial charge in [0.15, 0.2) is 6.21 Å².